The Morgan fingerprint density at radius 3 is 2.31 bits per heavy atom. The summed E-state index contributed by atoms with van der Waals surface area (Å²) in [5.41, 5.74) is 1.58. The number of amides is 3. The van der Waals surface area contributed by atoms with Crippen molar-refractivity contribution in [3.05, 3.63) is 95.8 Å². The van der Waals surface area contributed by atoms with Crippen molar-refractivity contribution >= 4 is 29.1 Å². The highest BCUT2D eigenvalue weighted by molar-refractivity contribution is 6.05. The van der Waals surface area contributed by atoms with Crippen LogP contribution in [-0.4, -0.2) is 42.9 Å². The van der Waals surface area contributed by atoms with Crippen LogP contribution in [0.15, 0.2) is 78.9 Å². The Balaban J connectivity index is 1.38. The van der Waals surface area contributed by atoms with Crippen LogP contribution in [-0.2, 0) is 16.1 Å². The van der Waals surface area contributed by atoms with Gasteiger partial charge in [-0.2, -0.15) is 0 Å². The second-order valence-electron chi connectivity index (χ2n) is 9.32. The summed E-state index contributed by atoms with van der Waals surface area (Å²) in [5.74, 6) is -1.52. The molecule has 184 valence electrons. The molecule has 7 nitrogen and oxygen atoms in total. The predicted molar refractivity (Wildman–Crippen MR) is 135 cm³/mol. The van der Waals surface area contributed by atoms with E-state index in [0.29, 0.717) is 36.3 Å². The second-order valence-corrected chi connectivity index (χ2v) is 9.32. The number of anilines is 2. The van der Waals surface area contributed by atoms with Crippen LogP contribution in [0.4, 0.5) is 15.8 Å². The first-order valence-corrected chi connectivity index (χ1v) is 11.9. The normalized spacial score (nSPS) is 18.2. The van der Waals surface area contributed by atoms with Gasteiger partial charge in [0, 0.05) is 25.7 Å². The number of carbonyl (C=O) groups is 3. The first-order valence-electron chi connectivity index (χ1n) is 11.9. The number of carbonyl (C=O) groups excluding carboxylic acids is 3. The third-order valence-corrected chi connectivity index (χ3v) is 6.77. The Morgan fingerprint density at radius 1 is 0.972 bits per heavy atom. The number of nitrogens with zero attached hydrogens (tertiary/aromatic N) is 2. The van der Waals surface area contributed by atoms with Gasteiger partial charge in [0.2, 0.25) is 5.91 Å². The molecule has 1 atom stereocenters. The third-order valence-electron chi connectivity index (χ3n) is 6.77. The third kappa shape index (κ3) is 4.66. The van der Waals surface area contributed by atoms with Gasteiger partial charge in [-0.3, -0.25) is 14.4 Å². The molecule has 1 aliphatic carbocycles. The summed E-state index contributed by atoms with van der Waals surface area (Å²) < 4.78 is 14.1. The molecule has 2 aliphatic rings. The summed E-state index contributed by atoms with van der Waals surface area (Å²) >= 11 is 0. The molecule has 0 spiro atoms. The SMILES string of the molecule is CN1C(=O)[C@H](NC(=O)C2(NC(=O)c3ccccc3)CC2)CN(Cc2ccccc2)c2ccc(F)cc21. The molecule has 1 aliphatic heterocycles. The van der Waals surface area contributed by atoms with E-state index in [0.717, 1.165) is 5.56 Å². The number of nitrogens with one attached hydrogen (secondary N) is 2. The maximum atomic E-state index is 14.1. The van der Waals surface area contributed by atoms with Crippen molar-refractivity contribution in [1.29, 1.82) is 0 Å². The average Bonchev–Trinajstić information content (AvgIpc) is 3.69. The molecular weight excluding hydrogens is 459 g/mol. The fourth-order valence-electron chi connectivity index (χ4n) is 4.55. The zero-order chi connectivity index (χ0) is 25.3. The molecule has 3 aromatic carbocycles. The van der Waals surface area contributed by atoms with Crippen LogP contribution in [0.1, 0.15) is 28.8 Å². The molecule has 5 rings (SSSR count). The first kappa shape index (κ1) is 23.5. The van der Waals surface area contributed by atoms with Gasteiger partial charge in [0.05, 0.1) is 11.4 Å². The number of likely N-dealkylation sites (N-methyl/N-ethyl adjacent to an activating group) is 1. The Hall–Kier alpha value is -4.20. The lowest BCUT2D eigenvalue weighted by Gasteiger charge is -2.28. The van der Waals surface area contributed by atoms with Gasteiger partial charge in [-0.05, 0) is 48.7 Å². The topological polar surface area (TPSA) is 81.8 Å². The zero-order valence-electron chi connectivity index (χ0n) is 19.9. The largest absolute Gasteiger partial charge is 0.363 e. The summed E-state index contributed by atoms with van der Waals surface area (Å²) in [6.45, 7) is 0.675. The second kappa shape index (κ2) is 9.45. The van der Waals surface area contributed by atoms with E-state index in [9.17, 15) is 18.8 Å². The summed E-state index contributed by atoms with van der Waals surface area (Å²) in [4.78, 5) is 42.8. The lowest BCUT2D eigenvalue weighted by Crippen LogP contribution is -2.57. The van der Waals surface area contributed by atoms with E-state index < -0.39 is 23.3 Å². The van der Waals surface area contributed by atoms with Gasteiger partial charge in [-0.1, -0.05) is 48.5 Å². The minimum atomic E-state index is -1.04. The molecule has 1 saturated carbocycles. The zero-order valence-corrected chi connectivity index (χ0v) is 19.9. The van der Waals surface area contributed by atoms with Crippen LogP contribution >= 0.6 is 0 Å². The molecule has 0 aromatic heterocycles. The van der Waals surface area contributed by atoms with E-state index in [1.54, 1.807) is 37.4 Å². The van der Waals surface area contributed by atoms with Crippen LogP contribution in [0.5, 0.6) is 0 Å². The molecule has 0 unspecified atom stereocenters. The minimum absolute atomic E-state index is 0.200. The van der Waals surface area contributed by atoms with Gasteiger partial charge in [0.25, 0.3) is 11.8 Å². The Bertz CT molecular complexity index is 1290. The lowest BCUT2D eigenvalue weighted by molar-refractivity contribution is -0.129. The highest BCUT2D eigenvalue weighted by atomic mass is 19.1. The fraction of sp³-hybridized carbons (Fsp3) is 0.250. The number of halogens is 1. The molecule has 36 heavy (non-hydrogen) atoms. The number of fused-ring (bicyclic) bond motifs is 1. The van der Waals surface area contributed by atoms with Gasteiger partial charge in [-0.15, -0.1) is 0 Å². The van der Waals surface area contributed by atoms with E-state index >= 15 is 0 Å². The van der Waals surface area contributed by atoms with Crippen molar-refractivity contribution in [2.24, 2.45) is 0 Å². The predicted octanol–water partition coefficient (Wildman–Crippen LogP) is 3.26. The summed E-state index contributed by atoms with van der Waals surface area (Å²) in [6, 6.07) is 21.9. The molecule has 0 radical (unpaired) electrons. The van der Waals surface area contributed by atoms with Crippen LogP contribution < -0.4 is 20.4 Å². The maximum absolute atomic E-state index is 14.1. The minimum Gasteiger partial charge on any atom is -0.363 e. The van der Waals surface area contributed by atoms with Gasteiger partial charge < -0.3 is 20.4 Å². The van der Waals surface area contributed by atoms with Gasteiger partial charge in [-0.25, -0.2) is 4.39 Å². The summed E-state index contributed by atoms with van der Waals surface area (Å²) in [5, 5.41) is 5.73. The van der Waals surface area contributed by atoms with E-state index in [2.05, 4.69) is 10.6 Å². The number of hydrogen-bond donors (Lipinski definition) is 2. The highest BCUT2D eigenvalue weighted by Crippen LogP contribution is 2.37. The van der Waals surface area contributed by atoms with Crippen molar-refractivity contribution in [2.75, 3.05) is 23.4 Å². The monoisotopic (exact) mass is 486 g/mol. The maximum Gasteiger partial charge on any atom is 0.252 e. The van der Waals surface area contributed by atoms with Gasteiger partial charge in [0.15, 0.2) is 0 Å². The Morgan fingerprint density at radius 2 is 1.64 bits per heavy atom. The van der Waals surface area contributed by atoms with Crippen LogP contribution in [0.25, 0.3) is 0 Å². The smallest absolute Gasteiger partial charge is 0.252 e. The molecule has 3 amide bonds. The van der Waals surface area contributed by atoms with Crippen molar-refractivity contribution in [2.45, 2.75) is 31.0 Å². The molecule has 3 aromatic rings. The van der Waals surface area contributed by atoms with E-state index in [4.69, 9.17) is 0 Å². The first-order chi connectivity index (χ1) is 17.4. The molecule has 2 N–H and O–H groups in total. The van der Waals surface area contributed by atoms with Crippen molar-refractivity contribution in [1.82, 2.24) is 10.6 Å². The molecule has 0 saturated heterocycles. The quantitative estimate of drug-likeness (QED) is 0.561. The average molecular weight is 487 g/mol. The van der Waals surface area contributed by atoms with E-state index in [-0.39, 0.29) is 18.4 Å². The van der Waals surface area contributed by atoms with E-state index in [1.165, 1.54) is 17.0 Å². The van der Waals surface area contributed by atoms with Crippen LogP contribution in [0.3, 0.4) is 0 Å². The fourth-order valence-corrected chi connectivity index (χ4v) is 4.55. The van der Waals surface area contributed by atoms with E-state index in [1.807, 2.05) is 41.3 Å². The number of hydrogen-bond acceptors (Lipinski definition) is 4. The highest BCUT2D eigenvalue weighted by Gasteiger charge is 2.52. The Labute approximate surface area is 208 Å². The van der Waals surface area contributed by atoms with Gasteiger partial charge >= 0.3 is 0 Å². The van der Waals surface area contributed by atoms with Crippen LogP contribution in [0, 0.1) is 5.82 Å². The summed E-state index contributed by atoms with van der Waals surface area (Å²) in [7, 11) is 1.58. The van der Waals surface area contributed by atoms with Crippen molar-refractivity contribution in [3.63, 3.8) is 0 Å². The molecule has 1 fully saturated rings. The summed E-state index contributed by atoms with van der Waals surface area (Å²) in [6.07, 6.45) is 0.987. The standard InChI is InChI=1S/C28H27FN4O3/c1-32-24-16-21(29)12-13-23(24)33(17-19-8-4-2-5-9-19)18-22(26(32)35)30-27(36)28(14-15-28)31-25(34)20-10-6-3-7-11-20/h2-13,16,22H,14-15,17-18H2,1H3,(H,30,36)(H,31,34)/t22-/m1/s1. The molecule has 1 heterocycles. The number of rotatable bonds is 6. The Kier molecular flexibility index (Phi) is 6.18. The van der Waals surface area contributed by atoms with Gasteiger partial charge in [0.1, 0.15) is 17.4 Å². The van der Waals surface area contributed by atoms with Crippen LogP contribution in [0.2, 0.25) is 0 Å². The molecule has 8 heteroatoms. The van der Waals surface area contributed by atoms with Crippen molar-refractivity contribution in [3.8, 4) is 0 Å². The van der Waals surface area contributed by atoms with Crippen molar-refractivity contribution < 1.29 is 18.8 Å². The molecular formula is C28H27FN4O3. The molecule has 0 bridgehead atoms. The number of benzene rings is 3. The lowest BCUT2D eigenvalue weighted by atomic mass is 10.1.